The van der Waals surface area contributed by atoms with Gasteiger partial charge in [-0.05, 0) is 79.3 Å². The summed E-state index contributed by atoms with van der Waals surface area (Å²) < 4.78 is 45.5. The molecule has 1 heterocycles. The largest absolute Gasteiger partial charge is 0.361 e. The standard InChI is InChI=1S/C20H19FIN3O4S/c1-12-9-15(24-19(26)17-11-23-29-13(17)2)7-8-18(12)30(27,28)25-16-6-4-5-14(10-16)20(3,21)22/h4-11,25H,1-3H3,(H,24,26). The highest BCUT2D eigenvalue weighted by atomic mass is 127. The molecule has 3 rings (SSSR count). The van der Waals surface area contributed by atoms with Crippen LogP contribution in [-0.4, -0.2) is 19.5 Å². The highest BCUT2D eigenvalue weighted by Gasteiger charge is 2.23. The fourth-order valence-corrected chi connectivity index (χ4v) is 4.42. The Balaban J connectivity index is 1.82. The zero-order chi connectivity index (χ0) is 22.1. The minimum Gasteiger partial charge on any atom is -0.361 e. The highest BCUT2D eigenvalue weighted by molar-refractivity contribution is 14.1. The number of rotatable bonds is 6. The number of benzene rings is 2. The van der Waals surface area contributed by atoms with Crippen LogP contribution in [0, 0.1) is 13.8 Å². The monoisotopic (exact) mass is 543 g/mol. The number of anilines is 2. The maximum absolute atomic E-state index is 14.2. The number of carbonyl (C=O) groups excluding carboxylic acids is 1. The molecule has 0 saturated carbocycles. The number of carbonyl (C=O) groups is 1. The predicted octanol–water partition coefficient (Wildman–Crippen LogP) is 4.92. The normalized spacial score (nSPS) is 13.5. The molecular weight excluding hydrogens is 524 g/mol. The van der Waals surface area contributed by atoms with Crippen molar-refractivity contribution in [2.45, 2.75) is 29.3 Å². The molecule has 0 bridgehead atoms. The molecule has 2 aromatic carbocycles. The minimum atomic E-state index is -3.91. The number of amides is 1. The zero-order valence-electron chi connectivity index (χ0n) is 16.4. The van der Waals surface area contributed by atoms with Crippen molar-refractivity contribution in [3.63, 3.8) is 0 Å². The van der Waals surface area contributed by atoms with Gasteiger partial charge in [0.15, 0.2) is 3.68 Å². The molecule has 0 aliphatic heterocycles. The van der Waals surface area contributed by atoms with Gasteiger partial charge in [0, 0.05) is 16.9 Å². The third-order valence-corrected chi connectivity index (χ3v) is 6.50. The summed E-state index contributed by atoms with van der Waals surface area (Å²) in [5.74, 6) is -0.0301. The molecule has 158 valence electrons. The topological polar surface area (TPSA) is 101 Å². The van der Waals surface area contributed by atoms with Crippen LogP contribution < -0.4 is 10.0 Å². The van der Waals surface area contributed by atoms with E-state index in [0.29, 0.717) is 28.1 Å². The molecule has 3 aromatic rings. The van der Waals surface area contributed by atoms with Crippen LogP contribution in [-0.2, 0) is 13.7 Å². The lowest BCUT2D eigenvalue weighted by atomic mass is 10.1. The van der Waals surface area contributed by atoms with Gasteiger partial charge in [0.2, 0.25) is 0 Å². The quantitative estimate of drug-likeness (QED) is 0.340. The first-order chi connectivity index (χ1) is 14.0. The Bertz CT molecular complexity index is 1200. The Morgan fingerprint density at radius 2 is 1.90 bits per heavy atom. The van der Waals surface area contributed by atoms with Crippen LogP contribution in [0.25, 0.3) is 0 Å². The first kappa shape index (κ1) is 22.2. The third-order valence-electron chi connectivity index (χ3n) is 4.34. The number of alkyl halides is 2. The molecule has 1 atom stereocenters. The van der Waals surface area contributed by atoms with Crippen molar-refractivity contribution in [1.29, 1.82) is 0 Å². The number of hydrogen-bond donors (Lipinski definition) is 2. The average molecular weight is 543 g/mol. The van der Waals surface area contributed by atoms with Crippen molar-refractivity contribution < 1.29 is 22.1 Å². The van der Waals surface area contributed by atoms with E-state index in [2.05, 4.69) is 15.2 Å². The van der Waals surface area contributed by atoms with Crippen LogP contribution in [0.15, 0.2) is 58.1 Å². The Morgan fingerprint density at radius 3 is 2.50 bits per heavy atom. The van der Waals surface area contributed by atoms with E-state index in [1.54, 1.807) is 60.7 Å². The van der Waals surface area contributed by atoms with Gasteiger partial charge in [0.25, 0.3) is 15.9 Å². The summed E-state index contributed by atoms with van der Waals surface area (Å²) in [7, 11) is -3.91. The van der Waals surface area contributed by atoms with Crippen molar-refractivity contribution in [2.24, 2.45) is 0 Å². The molecule has 2 N–H and O–H groups in total. The summed E-state index contributed by atoms with van der Waals surface area (Å²) in [6.45, 7) is 4.63. The number of nitrogens with zero attached hydrogens (tertiary/aromatic N) is 1. The van der Waals surface area contributed by atoms with Gasteiger partial charge in [0.1, 0.15) is 11.3 Å². The van der Waals surface area contributed by atoms with Gasteiger partial charge in [-0.2, -0.15) is 0 Å². The average Bonchev–Trinajstić information content (AvgIpc) is 3.07. The van der Waals surface area contributed by atoms with Crippen molar-refractivity contribution in [3.05, 3.63) is 71.1 Å². The molecule has 0 aliphatic carbocycles. The maximum atomic E-state index is 14.2. The second-order valence-electron chi connectivity index (χ2n) is 6.80. The molecule has 0 aliphatic rings. The summed E-state index contributed by atoms with van der Waals surface area (Å²) >= 11 is 1.64. The second kappa shape index (κ2) is 8.34. The molecule has 7 nitrogen and oxygen atoms in total. The molecule has 0 saturated heterocycles. The van der Waals surface area contributed by atoms with Crippen molar-refractivity contribution in [1.82, 2.24) is 5.16 Å². The summed E-state index contributed by atoms with van der Waals surface area (Å²) in [5.41, 5.74) is 1.76. The zero-order valence-corrected chi connectivity index (χ0v) is 19.3. The van der Waals surface area contributed by atoms with Crippen LogP contribution in [0.5, 0.6) is 0 Å². The lowest BCUT2D eigenvalue weighted by Gasteiger charge is -2.16. The van der Waals surface area contributed by atoms with Crippen LogP contribution in [0.2, 0.25) is 0 Å². The van der Waals surface area contributed by atoms with Crippen molar-refractivity contribution in [3.8, 4) is 0 Å². The van der Waals surface area contributed by atoms with Crippen LogP contribution in [0.1, 0.15) is 34.2 Å². The smallest absolute Gasteiger partial charge is 0.262 e. The lowest BCUT2D eigenvalue weighted by molar-refractivity contribution is 0.102. The van der Waals surface area contributed by atoms with Gasteiger partial charge < -0.3 is 9.84 Å². The van der Waals surface area contributed by atoms with Gasteiger partial charge in [-0.15, -0.1) is 0 Å². The number of aromatic nitrogens is 1. The van der Waals surface area contributed by atoms with Crippen LogP contribution in [0.4, 0.5) is 15.8 Å². The number of halogens is 2. The Kier molecular flexibility index (Phi) is 6.18. The fraction of sp³-hybridized carbons (Fsp3) is 0.200. The first-order valence-electron chi connectivity index (χ1n) is 8.82. The van der Waals surface area contributed by atoms with E-state index < -0.39 is 19.6 Å². The van der Waals surface area contributed by atoms with E-state index in [9.17, 15) is 17.6 Å². The molecule has 1 unspecified atom stereocenters. The third kappa shape index (κ3) is 4.98. The van der Waals surface area contributed by atoms with Crippen LogP contribution >= 0.6 is 22.6 Å². The molecule has 10 heteroatoms. The van der Waals surface area contributed by atoms with Gasteiger partial charge in [0.05, 0.1) is 11.1 Å². The highest BCUT2D eigenvalue weighted by Crippen LogP contribution is 2.34. The number of nitrogens with one attached hydrogen (secondary N) is 2. The molecule has 1 aromatic heterocycles. The number of sulfonamides is 1. The lowest BCUT2D eigenvalue weighted by Crippen LogP contribution is -2.16. The summed E-state index contributed by atoms with van der Waals surface area (Å²) in [4.78, 5) is 12.3. The molecular formula is C20H19FIN3O4S. The van der Waals surface area contributed by atoms with Crippen molar-refractivity contribution in [2.75, 3.05) is 10.0 Å². The molecule has 0 fully saturated rings. The van der Waals surface area contributed by atoms with E-state index in [1.165, 1.54) is 31.3 Å². The Labute approximate surface area is 187 Å². The van der Waals surface area contributed by atoms with Gasteiger partial charge in [-0.1, -0.05) is 17.3 Å². The Hall–Kier alpha value is -2.47. The Morgan fingerprint density at radius 1 is 1.17 bits per heavy atom. The van der Waals surface area contributed by atoms with Crippen molar-refractivity contribution >= 4 is 49.9 Å². The van der Waals surface area contributed by atoms with E-state index in [0.717, 1.165) is 0 Å². The van der Waals surface area contributed by atoms with E-state index in [1.807, 2.05) is 0 Å². The number of aryl methyl sites for hydroxylation is 2. The van der Waals surface area contributed by atoms with E-state index >= 15 is 0 Å². The van der Waals surface area contributed by atoms with Gasteiger partial charge in [-0.3, -0.25) is 9.52 Å². The summed E-state index contributed by atoms with van der Waals surface area (Å²) in [6.07, 6.45) is 1.31. The van der Waals surface area contributed by atoms with E-state index in [4.69, 9.17) is 4.52 Å². The minimum absolute atomic E-state index is 0.0459. The number of hydrogen-bond acceptors (Lipinski definition) is 5. The van der Waals surface area contributed by atoms with Gasteiger partial charge in [-0.25, -0.2) is 12.8 Å². The van der Waals surface area contributed by atoms with Crippen LogP contribution in [0.3, 0.4) is 0 Å². The predicted molar refractivity (Wildman–Crippen MR) is 120 cm³/mol. The van der Waals surface area contributed by atoms with Gasteiger partial charge >= 0.3 is 0 Å². The maximum Gasteiger partial charge on any atom is 0.262 e. The molecule has 0 spiro atoms. The molecule has 30 heavy (non-hydrogen) atoms. The fourth-order valence-electron chi connectivity index (χ4n) is 2.81. The SMILES string of the molecule is Cc1cc(NC(=O)c2cnoc2C)ccc1S(=O)(=O)Nc1cccc(C(C)(F)I)c1. The summed E-state index contributed by atoms with van der Waals surface area (Å²) in [5, 5.41) is 6.24. The molecule has 1 amide bonds. The van der Waals surface area contributed by atoms with E-state index in [-0.39, 0.29) is 10.6 Å². The summed E-state index contributed by atoms with van der Waals surface area (Å²) in [6, 6.07) is 10.6. The molecule has 0 radical (unpaired) electrons. The first-order valence-corrected chi connectivity index (χ1v) is 11.4. The second-order valence-corrected chi connectivity index (χ2v) is 10.5.